The third kappa shape index (κ3) is 7.05. The van der Waals surface area contributed by atoms with E-state index in [4.69, 9.17) is 28.2 Å². The molecule has 3 aliphatic rings. The monoisotopic (exact) mass is 863 g/mol. The maximum absolute atomic E-state index is 16.1. The van der Waals surface area contributed by atoms with Gasteiger partial charge in [-0.15, -0.1) is 0 Å². The van der Waals surface area contributed by atoms with Crippen molar-refractivity contribution in [3.05, 3.63) is 99.4 Å². The number of halogens is 3. The fourth-order valence-electron chi connectivity index (χ4n) is 8.81. The molecule has 0 spiro atoms. The number of carbonyl (C=O) groups excluding carboxylic acids is 2. The van der Waals surface area contributed by atoms with Gasteiger partial charge in [0, 0.05) is 101 Å². The third-order valence-corrected chi connectivity index (χ3v) is 12.6. The number of para-hydroxylation sites is 1. The van der Waals surface area contributed by atoms with Gasteiger partial charge in [-0.1, -0.05) is 29.3 Å². The van der Waals surface area contributed by atoms with Crippen molar-refractivity contribution in [3.63, 3.8) is 0 Å². The first-order chi connectivity index (χ1) is 29.6. The average Bonchev–Trinajstić information content (AvgIpc) is 3.88. The van der Waals surface area contributed by atoms with E-state index in [1.807, 2.05) is 18.2 Å². The lowest BCUT2D eigenvalue weighted by atomic mass is 9.95. The van der Waals surface area contributed by atoms with Crippen molar-refractivity contribution >= 4 is 91.7 Å². The molecule has 0 saturated carbocycles. The van der Waals surface area contributed by atoms with Crippen LogP contribution in [0, 0.1) is 11.7 Å². The van der Waals surface area contributed by atoms with Gasteiger partial charge < -0.3 is 15.1 Å². The molecule has 2 N–H and O–H groups in total. The van der Waals surface area contributed by atoms with Gasteiger partial charge >= 0.3 is 6.03 Å². The average molecular weight is 865 g/mol. The predicted octanol–water partition coefficient (Wildman–Crippen LogP) is 5.99. The molecule has 4 aromatic heterocycles. The number of urea groups is 1. The number of hydrogen-bond acceptors (Lipinski definition) is 11. The summed E-state index contributed by atoms with van der Waals surface area (Å²) < 4.78 is 20.6. The number of nitrogens with zero attached hydrogens (tertiary/aromatic N) is 11. The van der Waals surface area contributed by atoms with Crippen LogP contribution >= 0.6 is 23.2 Å². The van der Waals surface area contributed by atoms with E-state index in [2.05, 4.69) is 52.5 Å². The smallest absolute Gasteiger partial charge is 0.329 e. The molecule has 0 radical (unpaired) electrons. The first kappa shape index (κ1) is 38.9. The number of anilines is 5. The molecule has 3 saturated heterocycles. The Morgan fingerprint density at radius 2 is 1.62 bits per heavy atom. The fraction of sp³-hybridized carbons (Fsp3) is 0.310. The van der Waals surface area contributed by atoms with Crippen LogP contribution in [0.25, 0.3) is 33.4 Å². The highest BCUT2D eigenvalue weighted by atomic mass is 35.5. The van der Waals surface area contributed by atoms with Crippen molar-refractivity contribution in [2.45, 2.75) is 19.3 Å². The van der Waals surface area contributed by atoms with Crippen LogP contribution in [0.1, 0.15) is 19.3 Å². The van der Waals surface area contributed by atoms with Gasteiger partial charge in [0.25, 0.3) is 5.56 Å². The molecule has 312 valence electrons. The Balaban J connectivity index is 0.742. The molecule has 19 heteroatoms. The van der Waals surface area contributed by atoms with Crippen LogP contribution in [0.2, 0.25) is 10.0 Å². The summed E-state index contributed by atoms with van der Waals surface area (Å²) in [5, 5.41) is 11.5. The number of hydrogen-bond donors (Lipinski definition) is 2. The lowest BCUT2D eigenvalue weighted by molar-refractivity contribution is -0.120. The molecular formula is C42H40Cl2FN13O3. The number of piperidine rings is 1. The molecule has 7 heterocycles. The minimum absolute atomic E-state index is 0.169. The Morgan fingerprint density at radius 3 is 2.36 bits per heavy atom. The molecule has 61 heavy (non-hydrogen) atoms. The standard InChI is InChI=1S/C42H40Cl2FN13O3/c1-52-35-28(38(51-52)57-17-13-33(59)49-42(57)61)9-10-32(34(35)45)55-15-11-25(12-16-55)24-53-19-21-54(22-20-53)27-7-5-26(6-8-27)48-40-47-23-29-37(50-40)56-18-14-46-41(56)58(39(29)60)36-30(43)3-2-4-31(36)44/h2-10,14,18,23,25H,11-13,15-17,19-22,24H2,1H3,(H,47,48,50)(H,49,59,61). The van der Waals surface area contributed by atoms with Gasteiger partial charge in [0.15, 0.2) is 17.3 Å². The van der Waals surface area contributed by atoms with E-state index in [-0.39, 0.29) is 35.6 Å². The zero-order chi connectivity index (χ0) is 41.9. The number of aryl methyl sites for hydroxylation is 1. The van der Waals surface area contributed by atoms with Gasteiger partial charge in [-0.2, -0.15) is 10.1 Å². The highest BCUT2D eigenvalue weighted by Gasteiger charge is 2.31. The number of nitrogens with one attached hydrogen (secondary N) is 2. The summed E-state index contributed by atoms with van der Waals surface area (Å²) in [6.45, 7) is 6.44. The van der Waals surface area contributed by atoms with Gasteiger partial charge in [0.05, 0.1) is 21.4 Å². The first-order valence-electron chi connectivity index (χ1n) is 20.2. The number of amides is 3. The molecule has 3 aliphatic heterocycles. The Labute approximate surface area is 358 Å². The van der Waals surface area contributed by atoms with Crippen LogP contribution in [-0.4, -0.2) is 103 Å². The number of benzene rings is 3. The number of fused-ring (bicyclic) bond motifs is 4. The zero-order valence-electron chi connectivity index (χ0n) is 33.1. The van der Waals surface area contributed by atoms with Crippen LogP contribution in [-0.2, 0) is 11.8 Å². The molecule has 0 bridgehead atoms. The largest absolute Gasteiger partial charge is 0.369 e. The second kappa shape index (κ2) is 15.6. The second-order valence-corrected chi connectivity index (χ2v) is 16.4. The molecule has 7 aromatic rings. The summed E-state index contributed by atoms with van der Waals surface area (Å²) in [6, 6.07) is 16.3. The number of piperazine rings is 1. The van der Waals surface area contributed by atoms with E-state index in [1.165, 1.54) is 20.3 Å². The lowest BCUT2D eigenvalue weighted by Crippen LogP contribution is -2.49. The lowest BCUT2D eigenvalue weighted by Gasteiger charge is -2.40. The first-order valence-corrected chi connectivity index (χ1v) is 20.9. The van der Waals surface area contributed by atoms with Crippen molar-refractivity contribution in [1.29, 1.82) is 0 Å². The van der Waals surface area contributed by atoms with Gasteiger partial charge in [0.1, 0.15) is 10.9 Å². The highest BCUT2D eigenvalue weighted by molar-refractivity contribution is 6.37. The Hall–Kier alpha value is -6.30. The van der Waals surface area contributed by atoms with Crippen LogP contribution in [0.15, 0.2) is 78.0 Å². The SMILES string of the molecule is Cn1nc(N2CCC(=O)NC2=O)c2ccc(N3CCC(CN4CCN(c5ccc(Nc6ncc7c(=O)n(-c8c(Cl)cccc8Cl)c8nccn8c7n6)cc5)CC4)CC3)c(F)c21. The van der Waals surface area contributed by atoms with Gasteiger partial charge in [-0.25, -0.2) is 23.7 Å². The minimum atomic E-state index is -0.543. The van der Waals surface area contributed by atoms with E-state index in [9.17, 15) is 14.4 Å². The molecule has 0 unspecified atom stereocenters. The second-order valence-electron chi connectivity index (χ2n) is 15.6. The van der Waals surface area contributed by atoms with Gasteiger partial charge in [-0.05, 0) is 67.3 Å². The third-order valence-electron chi connectivity index (χ3n) is 12.0. The van der Waals surface area contributed by atoms with Crippen LogP contribution < -0.4 is 30.9 Å². The van der Waals surface area contributed by atoms with E-state index < -0.39 is 6.03 Å². The maximum atomic E-state index is 16.1. The summed E-state index contributed by atoms with van der Waals surface area (Å²) in [7, 11) is 1.67. The zero-order valence-corrected chi connectivity index (χ0v) is 34.6. The molecule has 0 atom stereocenters. The number of carbonyl (C=O) groups is 2. The van der Waals surface area contributed by atoms with Crippen molar-refractivity contribution < 1.29 is 14.0 Å². The molecule has 3 fully saturated rings. The number of rotatable bonds is 8. The highest BCUT2D eigenvalue weighted by Crippen LogP contribution is 2.36. The van der Waals surface area contributed by atoms with Crippen molar-refractivity contribution in [3.8, 4) is 5.69 Å². The molecule has 3 amide bonds. The summed E-state index contributed by atoms with van der Waals surface area (Å²) in [6.07, 6.45) is 6.91. The van der Waals surface area contributed by atoms with E-state index in [0.717, 1.165) is 70.0 Å². The number of aromatic nitrogens is 7. The molecule has 16 nitrogen and oxygen atoms in total. The Bertz CT molecular complexity index is 2900. The van der Waals surface area contributed by atoms with Gasteiger partial charge in [-0.3, -0.25) is 33.8 Å². The number of imidazole rings is 1. The van der Waals surface area contributed by atoms with Crippen LogP contribution in [0.5, 0.6) is 0 Å². The van der Waals surface area contributed by atoms with Crippen molar-refractivity contribution in [1.82, 2.24) is 43.9 Å². The topological polar surface area (TPSA) is 154 Å². The number of imide groups is 1. The van der Waals surface area contributed by atoms with Gasteiger partial charge in [0.2, 0.25) is 17.6 Å². The van der Waals surface area contributed by atoms with Crippen LogP contribution in [0.3, 0.4) is 0 Å². The summed E-state index contributed by atoms with van der Waals surface area (Å²) in [4.78, 5) is 59.9. The normalized spacial score (nSPS) is 17.0. The maximum Gasteiger partial charge on any atom is 0.329 e. The van der Waals surface area contributed by atoms with Crippen molar-refractivity contribution in [2.75, 3.05) is 72.4 Å². The minimum Gasteiger partial charge on any atom is -0.369 e. The van der Waals surface area contributed by atoms with E-state index in [1.54, 1.807) is 48.1 Å². The van der Waals surface area contributed by atoms with E-state index >= 15 is 4.39 Å². The summed E-state index contributed by atoms with van der Waals surface area (Å²) in [5.74, 6) is 0.850. The molecule has 3 aromatic carbocycles. The fourth-order valence-corrected chi connectivity index (χ4v) is 9.38. The summed E-state index contributed by atoms with van der Waals surface area (Å²) in [5.41, 5.74) is 3.17. The van der Waals surface area contributed by atoms with Crippen LogP contribution in [0.4, 0.5) is 38.0 Å². The summed E-state index contributed by atoms with van der Waals surface area (Å²) >= 11 is 13.0. The Morgan fingerprint density at radius 1 is 0.869 bits per heavy atom. The molecule has 0 aliphatic carbocycles. The van der Waals surface area contributed by atoms with Crippen molar-refractivity contribution in [2.24, 2.45) is 13.0 Å². The van der Waals surface area contributed by atoms with E-state index in [0.29, 0.717) is 61.4 Å². The molecular weight excluding hydrogens is 824 g/mol. The predicted molar refractivity (Wildman–Crippen MR) is 233 cm³/mol. The quantitative estimate of drug-likeness (QED) is 0.185. The molecule has 10 rings (SSSR count). The Kier molecular flexibility index (Phi) is 9.96.